The fourth-order valence-electron chi connectivity index (χ4n) is 3.60. The van der Waals surface area contributed by atoms with E-state index in [1.165, 1.54) is 5.56 Å². The zero-order chi connectivity index (χ0) is 25.5. The van der Waals surface area contributed by atoms with Crippen LogP contribution in [0.3, 0.4) is 0 Å². The number of hydrogen-bond acceptors (Lipinski definition) is 4. The first-order valence-corrected chi connectivity index (χ1v) is 12.9. The quantitative estimate of drug-likeness (QED) is 0.259. The van der Waals surface area contributed by atoms with Crippen molar-refractivity contribution in [2.75, 3.05) is 0 Å². The Bertz CT molecular complexity index is 1500. The Hall–Kier alpha value is -4.29. The molecule has 0 spiro atoms. The van der Waals surface area contributed by atoms with Gasteiger partial charge in [-0.1, -0.05) is 84.4 Å². The van der Waals surface area contributed by atoms with Crippen molar-refractivity contribution in [3.8, 4) is 16.9 Å². The molecule has 0 aliphatic heterocycles. The minimum Gasteiger partial charge on any atom is -0.294 e. The topological polar surface area (TPSA) is 69.0 Å². The highest BCUT2D eigenvalue weighted by Gasteiger charge is 2.16. The fraction of sp³-hybridized carbons (Fsp3) is 0.0667. The van der Waals surface area contributed by atoms with Crippen molar-refractivity contribution in [3.63, 3.8) is 0 Å². The lowest BCUT2D eigenvalue weighted by Crippen LogP contribution is -2.00. The molecule has 1 aromatic heterocycles. The number of nitrogens with zero attached hydrogens (tertiary/aromatic N) is 2. The van der Waals surface area contributed by atoms with Crippen molar-refractivity contribution in [1.29, 1.82) is 0 Å². The van der Waals surface area contributed by atoms with Crippen molar-refractivity contribution in [1.82, 2.24) is 9.78 Å². The number of carbonyl (C=O) groups excluding carboxylic acids is 1. The zero-order valence-corrected chi connectivity index (χ0v) is 20.9. The van der Waals surface area contributed by atoms with Gasteiger partial charge in [0, 0.05) is 11.8 Å². The van der Waals surface area contributed by atoms with E-state index in [4.69, 9.17) is 0 Å². The van der Waals surface area contributed by atoms with Gasteiger partial charge in [-0.25, -0.2) is 13.1 Å². The first-order chi connectivity index (χ1) is 17.4. The van der Waals surface area contributed by atoms with Gasteiger partial charge < -0.3 is 0 Å². The van der Waals surface area contributed by atoms with Crippen LogP contribution in [0.1, 0.15) is 22.8 Å². The van der Waals surface area contributed by atoms with Gasteiger partial charge >= 0.3 is 0 Å². The van der Waals surface area contributed by atoms with E-state index in [1.54, 1.807) is 78.5 Å². The van der Waals surface area contributed by atoms with Gasteiger partial charge in [0.2, 0.25) is 9.84 Å². The molecule has 0 amide bonds. The molecule has 0 aliphatic carbocycles. The third kappa shape index (κ3) is 5.67. The standard InChI is InChI=1S/C18H16N2O.C12H10O2S/c1-13-8-10-15(11-9-13)18-17(14(2)21)12-20(19-18)16-6-4-3-5-7-16;13-15(14,11-7-3-1-4-8-11)12-9-5-2-6-10-12/h3-12H,1-2H3;1-10H. The lowest BCUT2D eigenvalue weighted by atomic mass is 10.0. The lowest BCUT2D eigenvalue weighted by Gasteiger charge is -2.03. The van der Waals surface area contributed by atoms with Gasteiger partial charge in [0.25, 0.3) is 0 Å². The predicted molar refractivity (Wildman–Crippen MR) is 142 cm³/mol. The molecule has 5 rings (SSSR count). The molecule has 5 aromatic rings. The monoisotopic (exact) mass is 494 g/mol. The molecule has 180 valence electrons. The first kappa shape index (κ1) is 24.8. The van der Waals surface area contributed by atoms with Gasteiger partial charge in [0.15, 0.2) is 5.78 Å². The van der Waals surface area contributed by atoms with Crippen LogP contribution in [-0.2, 0) is 9.84 Å². The van der Waals surface area contributed by atoms with Crippen LogP contribution >= 0.6 is 0 Å². The predicted octanol–water partition coefficient (Wildman–Crippen LogP) is 6.57. The Morgan fingerprint density at radius 1 is 0.694 bits per heavy atom. The Kier molecular flexibility index (Phi) is 7.56. The van der Waals surface area contributed by atoms with Gasteiger partial charge in [-0.15, -0.1) is 0 Å². The summed E-state index contributed by atoms with van der Waals surface area (Å²) >= 11 is 0. The molecule has 36 heavy (non-hydrogen) atoms. The SMILES string of the molecule is CC(=O)c1cn(-c2ccccc2)nc1-c1ccc(C)cc1.O=S(=O)(c1ccccc1)c1ccccc1. The van der Waals surface area contributed by atoms with Crippen molar-refractivity contribution in [3.05, 3.63) is 133 Å². The summed E-state index contributed by atoms with van der Waals surface area (Å²) in [6.07, 6.45) is 1.80. The number of carbonyl (C=O) groups is 1. The summed E-state index contributed by atoms with van der Waals surface area (Å²) in [6.45, 7) is 3.61. The van der Waals surface area contributed by atoms with Crippen LogP contribution in [0, 0.1) is 6.92 Å². The number of sulfone groups is 1. The summed E-state index contributed by atoms with van der Waals surface area (Å²) in [5.41, 5.74) is 4.46. The second-order valence-electron chi connectivity index (χ2n) is 8.22. The molecule has 5 nitrogen and oxygen atoms in total. The van der Waals surface area contributed by atoms with E-state index in [9.17, 15) is 13.2 Å². The van der Waals surface area contributed by atoms with E-state index in [0.29, 0.717) is 15.4 Å². The number of ketones is 1. The van der Waals surface area contributed by atoms with Crippen molar-refractivity contribution < 1.29 is 13.2 Å². The largest absolute Gasteiger partial charge is 0.294 e. The fourth-order valence-corrected chi connectivity index (χ4v) is 4.91. The van der Waals surface area contributed by atoms with E-state index in [-0.39, 0.29) is 5.78 Å². The first-order valence-electron chi connectivity index (χ1n) is 11.4. The summed E-state index contributed by atoms with van der Waals surface area (Å²) in [7, 11) is -3.34. The summed E-state index contributed by atoms with van der Waals surface area (Å²) in [5.74, 6) is 0.0211. The maximum absolute atomic E-state index is 12.0. The highest BCUT2D eigenvalue weighted by atomic mass is 32.2. The molecule has 0 bridgehead atoms. The number of rotatable bonds is 5. The molecule has 4 aromatic carbocycles. The highest BCUT2D eigenvalue weighted by Crippen LogP contribution is 2.24. The molecule has 0 atom stereocenters. The van der Waals surface area contributed by atoms with Gasteiger partial charge in [-0.2, -0.15) is 5.10 Å². The van der Waals surface area contributed by atoms with Crippen molar-refractivity contribution >= 4 is 15.6 Å². The molecule has 0 saturated heterocycles. The average Bonchev–Trinajstić information content (AvgIpc) is 3.37. The number of aromatic nitrogens is 2. The van der Waals surface area contributed by atoms with Crippen LogP contribution < -0.4 is 0 Å². The van der Waals surface area contributed by atoms with Gasteiger partial charge in [-0.05, 0) is 50.2 Å². The maximum atomic E-state index is 12.0. The van der Waals surface area contributed by atoms with Crippen LogP contribution in [0.4, 0.5) is 0 Å². The normalized spacial score (nSPS) is 10.8. The summed E-state index contributed by atoms with van der Waals surface area (Å²) in [4.78, 5) is 12.6. The minimum absolute atomic E-state index is 0.0211. The zero-order valence-electron chi connectivity index (χ0n) is 20.1. The van der Waals surface area contributed by atoms with Crippen LogP contribution in [0.25, 0.3) is 16.9 Å². The molecule has 6 heteroatoms. The van der Waals surface area contributed by atoms with Crippen LogP contribution in [0.15, 0.2) is 131 Å². The van der Waals surface area contributed by atoms with Crippen LogP contribution in [0.5, 0.6) is 0 Å². The molecular weight excluding hydrogens is 468 g/mol. The molecular formula is C30H26N2O3S. The molecule has 0 saturated carbocycles. The Labute approximate surface area is 211 Å². The van der Waals surface area contributed by atoms with E-state index >= 15 is 0 Å². The third-order valence-electron chi connectivity index (χ3n) is 5.55. The number of Topliss-reactive ketones (excluding diaryl/α,β-unsaturated/α-hetero) is 1. The van der Waals surface area contributed by atoms with Crippen molar-refractivity contribution in [2.45, 2.75) is 23.6 Å². The van der Waals surface area contributed by atoms with Crippen molar-refractivity contribution in [2.24, 2.45) is 0 Å². The van der Waals surface area contributed by atoms with Gasteiger partial charge in [0.05, 0.1) is 21.0 Å². The Morgan fingerprint density at radius 2 is 1.17 bits per heavy atom. The summed E-state index contributed by atoms with van der Waals surface area (Å²) in [6, 6.07) is 34.7. The highest BCUT2D eigenvalue weighted by molar-refractivity contribution is 7.91. The van der Waals surface area contributed by atoms with E-state index < -0.39 is 9.84 Å². The second kappa shape index (κ2) is 11.0. The number of aryl methyl sites for hydroxylation is 1. The molecule has 0 fully saturated rings. The van der Waals surface area contributed by atoms with Crippen LogP contribution in [-0.4, -0.2) is 24.0 Å². The third-order valence-corrected chi connectivity index (χ3v) is 7.33. The maximum Gasteiger partial charge on any atom is 0.206 e. The lowest BCUT2D eigenvalue weighted by molar-refractivity contribution is 0.101. The molecule has 0 N–H and O–H groups in total. The summed E-state index contributed by atoms with van der Waals surface area (Å²) < 4.78 is 25.8. The van der Waals surface area contributed by atoms with Gasteiger partial charge in [0.1, 0.15) is 5.69 Å². The average molecular weight is 495 g/mol. The van der Waals surface area contributed by atoms with Crippen LogP contribution in [0.2, 0.25) is 0 Å². The molecule has 0 aliphatic rings. The second-order valence-corrected chi connectivity index (χ2v) is 10.2. The Balaban J connectivity index is 0.000000179. The van der Waals surface area contributed by atoms with E-state index in [2.05, 4.69) is 5.10 Å². The Morgan fingerprint density at radius 3 is 1.64 bits per heavy atom. The van der Waals surface area contributed by atoms with Gasteiger partial charge in [-0.3, -0.25) is 4.79 Å². The number of para-hydroxylation sites is 1. The van der Waals surface area contributed by atoms with E-state index in [1.807, 2.05) is 61.5 Å². The van der Waals surface area contributed by atoms with E-state index in [0.717, 1.165) is 16.9 Å². The molecule has 0 radical (unpaired) electrons. The number of benzene rings is 4. The molecule has 1 heterocycles. The smallest absolute Gasteiger partial charge is 0.206 e. The molecule has 0 unspecified atom stereocenters. The number of hydrogen-bond donors (Lipinski definition) is 0. The minimum atomic E-state index is -3.34. The summed E-state index contributed by atoms with van der Waals surface area (Å²) in [5, 5.41) is 4.60.